The van der Waals surface area contributed by atoms with Gasteiger partial charge in [-0.25, -0.2) is 8.42 Å². The van der Waals surface area contributed by atoms with Gasteiger partial charge in [0.15, 0.2) is 0 Å². The summed E-state index contributed by atoms with van der Waals surface area (Å²) in [6.07, 6.45) is -3.11. The Morgan fingerprint density at radius 3 is 2.60 bits per heavy atom. The second kappa shape index (κ2) is 7.64. The number of halogens is 4. The molecule has 0 bridgehead atoms. The summed E-state index contributed by atoms with van der Waals surface area (Å²) in [7, 11) is -3.86. The summed E-state index contributed by atoms with van der Waals surface area (Å²) < 4.78 is 72.0. The lowest BCUT2D eigenvalue weighted by Crippen LogP contribution is -2.29. The quantitative estimate of drug-likeness (QED) is 0.565. The lowest BCUT2D eigenvalue weighted by atomic mass is 10.1. The zero-order valence-electron chi connectivity index (χ0n) is 15.0. The molecular formula is C18H13ClF3N3O3S2. The Kier molecular flexibility index (Phi) is 5.28. The maximum atomic E-state index is 12.9. The van der Waals surface area contributed by atoms with E-state index in [1.54, 1.807) is 4.90 Å². The molecule has 1 aliphatic heterocycles. The Morgan fingerprint density at radius 2 is 1.93 bits per heavy atom. The molecule has 0 amide bonds. The van der Waals surface area contributed by atoms with E-state index in [1.807, 2.05) is 0 Å². The molecule has 1 aromatic heterocycles. The van der Waals surface area contributed by atoms with Gasteiger partial charge < -0.3 is 9.64 Å². The van der Waals surface area contributed by atoms with Crippen LogP contribution in [0.2, 0.25) is 5.02 Å². The predicted octanol–water partition coefficient (Wildman–Crippen LogP) is 5.15. The van der Waals surface area contributed by atoms with Gasteiger partial charge in [-0.1, -0.05) is 11.6 Å². The van der Waals surface area contributed by atoms with Crippen LogP contribution < -0.4 is 14.4 Å². The number of anilines is 3. The number of hydrogen-bond donors (Lipinski definition) is 1. The molecule has 30 heavy (non-hydrogen) atoms. The number of sulfonamides is 1. The molecule has 0 spiro atoms. The molecule has 1 N–H and O–H groups in total. The van der Waals surface area contributed by atoms with Gasteiger partial charge in [0.2, 0.25) is 0 Å². The third-order valence-corrected chi connectivity index (χ3v) is 6.82. The Hall–Kier alpha value is -2.50. The third-order valence-electron chi connectivity index (χ3n) is 4.34. The largest absolute Gasteiger partial charge is 0.489 e. The van der Waals surface area contributed by atoms with Crippen molar-refractivity contribution in [1.82, 2.24) is 4.98 Å². The second-order valence-corrected chi connectivity index (χ2v) is 9.24. The standard InChI is InChI=1S/C18H13ClF3N3O3S2/c19-13-7-11(18(20,21)22)1-3-14(13)25-5-6-28-16-8-12(2-4-15(16)25)30(26,27)24-17-9-23-10-29-17/h1-4,7-10,24H,5-6H2. The first kappa shape index (κ1) is 20.8. The van der Waals surface area contributed by atoms with Crippen molar-refractivity contribution < 1.29 is 26.3 Å². The number of hydrogen-bond acceptors (Lipinski definition) is 6. The molecule has 3 aromatic rings. The minimum absolute atomic E-state index is 0.0185. The van der Waals surface area contributed by atoms with Gasteiger partial charge in [0, 0.05) is 6.07 Å². The van der Waals surface area contributed by atoms with Crippen molar-refractivity contribution in [2.75, 3.05) is 22.8 Å². The van der Waals surface area contributed by atoms with Crippen LogP contribution in [0.15, 0.2) is 53.0 Å². The molecule has 6 nitrogen and oxygen atoms in total. The summed E-state index contributed by atoms with van der Waals surface area (Å²) in [5, 5.41) is 0.299. The first-order valence-electron chi connectivity index (χ1n) is 8.47. The zero-order valence-corrected chi connectivity index (χ0v) is 17.4. The number of nitrogens with zero attached hydrogens (tertiary/aromatic N) is 2. The van der Waals surface area contributed by atoms with Crippen molar-refractivity contribution in [3.63, 3.8) is 0 Å². The molecule has 2 heterocycles. The number of benzene rings is 2. The van der Waals surface area contributed by atoms with E-state index < -0.39 is 21.8 Å². The molecule has 0 saturated heterocycles. The highest BCUT2D eigenvalue weighted by atomic mass is 35.5. The van der Waals surface area contributed by atoms with E-state index in [0.717, 1.165) is 23.5 Å². The van der Waals surface area contributed by atoms with Crippen molar-refractivity contribution >= 4 is 49.3 Å². The molecule has 0 radical (unpaired) electrons. The fourth-order valence-corrected chi connectivity index (χ4v) is 5.08. The topological polar surface area (TPSA) is 71.5 Å². The SMILES string of the molecule is O=S(=O)(Nc1cncs1)c1ccc2c(c1)OCCN2c1ccc(C(F)(F)F)cc1Cl. The van der Waals surface area contributed by atoms with Crippen molar-refractivity contribution in [3.8, 4) is 5.75 Å². The van der Waals surface area contributed by atoms with Gasteiger partial charge in [-0.2, -0.15) is 13.2 Å². The van der Waals surface area contributed by atoms with Crippen LogP contribution in [0, 0.1) is 0 Å². The van der Waals surface area contributed by atoms with Crippen LogP contribution in [-0.4, -0.2) is 26.6 Å². The molecule has 0 unspecified atom stereocenters. The second-order valence-electron chi connectivity index (χ2n) is 6.26. The number of alkyl halides is 3. The van der Waals surface area contributed by atoms with Crippen LogP contribution >= 0.6 is 22.9 Å². The van der Waals surface area contributed by atoms with Crippen molar-refractivity contribution in [2.24, 2.45) is 0 Å². The monoisotopic (exact) mass is 475 g/mol. The molecular weight excluding hydrogens is 463 g/mol. The lowest BCUT2D eigenvalue weighted by molar-refractivity contribution is -0.137. The molecule has 12 heteroatoms. The van der Waals surface area contributed by atoms with E-state index in [4.69, 9.17) is 16.3 Å². The molecule has 1 aliphatic rings. The minimum atomic E-state index is -4.50. The van der Waals surface area contributed by atoms with Gasteiger partial charge in [0.05, 0.1) is 45.1 Å². The van der Waals surface area contributed by atoms with E-state index in [9.17, 15) is 21.6 Å². The Bertz CT molecular complexity index is 1190. The molecule has 2 aromatic carbocycles. The minimum Gasteiger partial charge on any atom is -0.489 e. The van der Waals surface area contributed by atoms with Crippen LogP contribution in [0.25, 0.3) is 0 Å². The summed E-state index contributed by atoms with van der Waals surface area (Å²) in [6.45, 7) is 0.541. The molecule has 158 valence electrons. The van der Waals surface area contributed by atoms with E-state index in [0.29, 0.717) is 22.9 Å². The van der Waals surface area contributed by atoms with E-state index in [1.165, 1.54) is 36.0 Å². The fourth-order valence-electron chi connectivity index (χ4n) is 2.98. The first-order valence-corrected chi connectivity index (χ1v) is 11.2. The van der Waals surface area contributed by atoms with Crippen molar-refractivity contribution in [1.29, 1.82) is 0 Å². The van der Waals surface area contributed by atoms with Gasteiger partial charge in [0.25, 0.3) is 10.0 Å². The van der Waals surface area contributed by atoms with E-state index >= 15 is 0 Å². The summed E-state index contributed by atoms with van der Waals surface area (Å²) >= 11 is 7.27. The number of nitrogens with one attached hydrogen (secondary N) is 1. The van der Waals surface area contributed by atoms with Gasteiger partial charge in [0.1, 0.15) is 17.4 Å². The third kappa shape index (κ3) is 4.05. The highest BCUT2D eigenvalue weighted by Crippen LogP contribution is 2.42. The molecule has 0 fully saturated rings. The molecule has 4 rings (SSSR count). The van der Waals surface area contributed by atoms with Gasteiger partial charge in [-0.05, 0) is 30.3 Å². The number of aromatic nitrogens is 1. The lowest BCUT2D eigenvalue weighted by Gasteiger charge is -2.32. The Balaban J connectivity index is 1.67. The molecule has 0 atom stereocenters. The van der Waals surface area contributed by atoms with Gasteiger partial charge in [-0.3, -0.25) is 9.71 Å². The highest BCUT2D eigenvalue weighted by Gasteiger charge is 2.32. The Morgan fingerprint density at radius 1 is 1.17 bits per heavy atom. The number of fused-ring (bicyclic) bond motifs is 1. The van der Waals surface area contributed by atoms with E-state index in [-0.39, 0.29) is 22.3 Å². The fraction of sp³-hybridized carbons (Fsp3) is 0.167. The summed E-state index contributed by atoms with van der Waals surface area (Å²) in [5.74, 6) is 0.282. The number of thiazole rings is 1. The predicted molar refractivity (Wildman–Crippen MR) is 108 cm³/mol. The number of rotatable bonds is 4. The normalized spacial score (nSPS) is 14.2. The maximum Gasteiger partial charge on any atom is 0.416 e. The van der Waals surface area contributed by atoms with Crippen LogP contribution in [0.5, 0.6) is 5.75 Å². The summed E-state index contributed by atoms with van der Waals surface area (Å²) in [6, 6.07) is 7.39. The number of ether oxygens (including phenoxy) is 1. The highest BCUT2D eigenvalue weighted by molar-refractivity contribution is 7.93. The Labute approximate surface area is 178 Å². The van der Waals surface area contributed by atoms with Crippen LogP contribution in [0.3, 0.4) is 0 Å². The van der Waals surface area contributed by atoms with Crippen LogP contribution in [-0.2, 0) is 16.2 Å². The molecule has 0 aliphatic carbocycles. The first-order chi connectivity index (χ1) is 14.1. The van der Waals surface area contributed by atoms with Crippen LogP contribution in [0.1, 0.15) is 5.56 Å². The van der Waals surface area contributed by atoms with Gasteiger partial charge >= 0.3 is 6.18 Å². The average molecular weight is 476 g/mol. The van der Waals surface area contributed by atoms with Crippen molar-refractivity contribution in [2.45, 2.75) is 11.1 Å². The van der Waals surface area contributed by atoms with Gasteiger partial charge in [-0.15, -0.1) is 11.3 Å². The summed E-state index contributed by atoms with van der Waals surface area (Å²) in [5.41, 5.74) is 1.52. The van der Waals surface area contributed by atoms with E-state index in [2.05, 4.69) is 9.71 Å². The molecule has 0 saturated carbocycles. The summed E-state index contributed by atoms with van der Waals surface area (Å²) in [4.78, 5) is 5.49. The van der Waals surface area contributed by atoms with Crippen LogP contribution in [0.4, 0.5) is 29.5 Å². The average Bonchev–Trinajstić information content (AvgIpc) is 3.18. The maximum absolute atomic E-state index is 12.9. The zero-order chi connectivity index (χ0) is 21.5. The smallest absolute Gasteiger partial charge is 0.416 e. The van der Waals surface area contributed by atoms with Crippen molar-refractivity contribution in [3.05, 3.63) is 58.7 Å².